The molecular formula is C16H25N7S2. The van der Waals surface area contributed by atoms with Crippen LogP contribution in [0.1, 0.15) is 23.4 Å². The van der Waals surface area contributed by atoms with E-state index in [4.69, 9.17) is 0 Å². The molecule has 0 aromatic carbocycles. The molecule has 1 aliphatic heterocycles. The average Bonchev–Trinajstić information content (AvgIpc) is 3.28. The topological polar surface area (TPSA) is 69.5 Å². The van der Waals surface area contributed by atoms with Gasteiger partial charge in [-0.3, -0.25) is 4.99 Å². The van der Waals surface area contributed by atoms with Crippen molar-refractivity contribution >= 4 is 34.0 Å². The summed E-state index contributed by atoms with van der Waals surface area (Å²) < 4.78 is 4.39. The maximum Gasteiger partial charge on any atom is 0.205 e. The van der Waals surface area contributed by atoms with Crippen LogP contribution >= 0.6 is 22.9 Å². The summed E-state index contributed by atoms with van der Waals surface area (Å²) in [5.41, 5.74) is 1.15. The Labute approximate surface area is 157 Å². The summed E-state index contributed by atoms with van der Waals surface area (Å²) >= 11 is 3.21. The van der Waals surface area contributed by atoms with E-state index in [0.29, 0.717) is 0 Å². The van der Waals surface area contributed by atoms with E-state index in [-0.39, 0.29) is 0 Å². The number of hydrogen-bond acceptors (Lipinski definition) is 7. The van der Waals surface area contributed by atoms with Crippen LogP contribution < -0.4 is 10.2 Å². The highest BCUT2D eigenvalue weighted by Crippen LogP contribution is 2.19. The molecule has 25 heavy (non-hydrogen) atoms. The fourth-order valence-corrected chi connectivity index (χ4v) is 4.23. The second kappa shape index (κ2) is 8.57. The van der Waals surface area contributed by atoms with E-state index in [1.807, 2.05) is 14.0 Å². The first kappa shape index (κ1) is 18.1. The number of aliphatic imine (C=N–C) groups is 1. The number of piperazine rings is 1. The third-order valence-corrected chi connectivity index (χ3v) is 5.80. The number of hydrogen-bond donors (Lipinski definition) is 1. The Bertz CT molecular complexity index is 701. The Hall–Kier alpha value is -1.74. The third-order valence-electron chi connectivity index (χ3n) is 4.17. The normalized spacial score (nSPS) is 15.7. The minimum atomic E-state index is 0.853. The molecule has 0 unspecified atom stereocenters. The molecule has 2 aromatic rings. The van der Waals surface area contributed by atoms with Crippen molar-refractivity contribution in [2.24, 2.45) is 4.99 Å². The number of guanidine groups is 1. The van der Waals surface area contributed by atoms with Crippen LogP contribution in [-0.4, -0.2) is 65.0 Å². The van der Waals surface area contributed by atoms with E-state index in [0.717, 1.165) is 73.2 Å². The second-order valence-electron chi connectivity index (χ2n) is 5.90. The standard InChI is InChI=1S/C16H25N7S2/c1-4-14-20-16(25-21-14)23-9-7-22(8-10-23)15(17-3)18-6-5-13-11-24-12(2)19-13/h11H,4-10H2,1-3H3,(H,17,18). The molecule has 3 rings (SSSR count). The van der Waals surface area contributed by atoms with Crippen LogP contribution in [0.5, 0.6) is 0 Å². The molecule has 9 heteroatoms. The van der Waals surface area contributed by atoms with Gasteiger partial charge in [-0.05, 0) is 6.92 Å². The van der Waals surface area contributed by atoms with Gasteiger partial charge in [-0.25, -0.2) is 9.97 Å². The lowest BCUT2D eigenvalue weighted by atomic mass is 10.3. The summed E-state index contributed by atoms with van der Waals surface area (Å²) in [7, 11) is 1.85. The van der Waals surface area contributed by atoms with Gasteiger partial charge >= 0.3 is 0 Å². The molecule has 0 spiro atoms. The predicted octanol–water partition coefficient (Wildman–Crippen LogP) is 1.81. The van der Waals surface area contributed by atoms with Crippen molar-refractivity contribution in [2.45, 2.75) is 26.7 Å². The summed E-state index contributed by atoms with van der Waals surface area (Å²) in [6.07, 6.45) is 1.82. The largest absolute Gasteiger partial charge is 0.356 e. The van der Waals surface area contributed by atoms with Crippen molar-refractivity contribution in [1.82, 2.24) is 24.6 Å². The first-order chi connectivity index (χ1) is 12.2. The van der Waals surface area contributed by atoms with Gasteiger partial charge in [0, 0.05) is 69.5 Å². The van der Waals surface area contributed by atoms with Crippen molar-refractivity contribution in [3.63, 3.8) is 0 Å². The molecule has 136 valence electrons. The molecular weight excluding hydrogens is 354 g/mol. The van der Waals surface area contributed by atoms with Crippen molar-refractivity contribution in [1.29, 1.82) is 0 Å². The molecule has 1 N–H and O–H groups in total. The Balaban J connectivity index is 1.46. The minimum Gasteiger partial charge on any atom is -0.356 e. The number of anilines is 1. The number of nitrogens with one attached hydrogen (secondary N) is 1. The SMILES string of the molecule is CCc1nsc(N2CCN(C(=NC)NCCc3csc(C)n3)CC2)n1. The van der Waals surface area contributed by atoms with Gasteiger partial charge in [0.05, 0.1) is 10.7 Å². The number of rotatable bonds is 5. The lowest BCUT2D eigenvalue weighted by Crippen LogP contribution is -2.52. The zero-order valence-electron chi connectivity index (χ0n) is 15.0. The molecule has 1 fully saturated rings. The van der Waals surface area contributed by atoms with Gasteiger partial charge in [0.25, 0.3) is 0 Å². The average molecular weight is 380 g/mol. The van der Waals surface area contributed by atoms with Crippen LogP contribution in [0.3, 0.4) is 0 Å². The van der Waals surface area contributed by atoms with Gasteiger partial charge in [-0.1, -0.05) is 6.92 Å². The van der Waals surface area contributed by atoms with Crippen LogP contribution in [0, 0.1) is 6.92 Å². The van der Waals surface area contributed by atoms with Crippen LogP contribution in [0.4, 0.5) is 5.13 Å². The summed E-state index contributed by atoms with van der Waals surface area (Å²) in [6, 6.07) is 0. The summed E-state index contributed by atoms with van der Waals surface area (Å²) in [5, 5.41) is 7.76. The van der Waals surface area contributed by atoms with Crippen molar-refractivity contribution in [3.8, 4) is 0 Å². The maximum absolute atomic E-state index is 4.59. The molecule has 3 heterocycles. The highest BCUT2D eigenvalue weighted by molar-refractivity contribution is 7.09. The third kappa shape index (κ3) is 4.66. The minimum absolute atomic E-state index is 0.853. The highest BCUT2D eigenvalue weighted by atomic mass is 32.1. The quantitative estimate of drug-likeness (QED) is 0.631. The molecule has 0 radical (unpaired) electrons. The second-order valence-corrected chi connectivity index (χ2v) is 7.70. The zero-order valence-corrected chi connectivity index (χ0v) is 16.7. The number of thiazole rings is 1. The molecule has 0 amide bonds. The first-order valence-corrected chi connectivity index (χ1v) is 10.3. The smallest absolute Gasteiger partial charge is 0.205 e. The molecule has 0 saturated carbocycles. The van der Waals surface area contributed by atoms with E-state index in [9.17, 15) is 0 Å². The fraction of sp³-hybridized carbons (Fsp3) is 0.625. The van der Waals surface area contributed by atoms with Crippen LogP contribution in [0.15, 0.2) is 10.4 Å². The van der Waals surface area contributed by atoms with Crippen molar-refractivity contribution < 1.29 is 0 Å². The molecule has 0 aliphatic carbocycles. The number of aryl methyl sites for hydroxylation is 2. The van der Waals surface area contributed by atoms with E-state index in [1.54, 1.807) is 11.3 Å². The lowest BCUT2D eigenvalue weighted by molar-refractivity contribution is 0.372. The molecule has 0 atom stereocenters. The summed E-state index contributed by atoms with van der Waals surface area (Å²) in [4.78, 5) is 18.2. The summed E-state index contributed by atoms with van der Waals surface area (Å²) in [5.74, 6) is 1.91. The van der Waals surface area contributed by atoms with Crippen molar-refractivity contribution in [3.05, 3.63) is 21.9 Å². The Morgan fingerprint density at radius 2 is 2.08 bits per heavy atom. The molecule has 7 nitrogen and oxygen atoms in total. The van der Waals surface area contributed by atoms with Gasteiger partial charge in [0.2, 0.25) is 5.13 Å². The van der Waals surface area contributed by atoms with Crippen LogP contribution in [0.25, 0.3) is 0 Å². The Kier molecular flexibility index (Phi) is 6.19. The van der Waals surface area contributed by atoms with E-state index >= 15 is 0 Å². The van der Waals surface area contributed by atoms with Crippen LogP contribution in [0.2, 0.25) is 0 Å². The lowest BCUT2D eigenvalue weighted by Gasteiger charge is -2.36. The van der Waals surface area contributed by atoms with Crippen LogP contribution in [-0.2, 0) is 12.8 Å². The Morgan fingerprint density at radius 1 is 1.28 bits per heavy atom. The van der Waals surface area contributed by atoms with Gasteiger partial charge in [0.15, 0.2) is 5.96 Å². The van der Waals surface area contributed by atoms with Crippen molar-refractivity contribution in [2.75, 3.05) is 44.7 Å². The molecule has 0 bridgehead atoms. The molecule has 1 saturated heterocycles. The van der Waals surface area contributed by atoms with Gasteiger partial charge in [-0.2, -0.15) is 4.37 Å². The first-order valence-electron chi connectivity index (χ1n) is 8.63. The summed E-state index contributed by atoms with van der Waals surface area (Å²) in [6.45, 7) is 8.77. The highest BCUT2D eigenvalue weighted by Gasteiger charge is 2.21. The van der Waals surface area contributed by atoms with Gasteiger partial charge in [-0.15, -0.1) is 11.3 Å². The van der Waals surface area contributed by atoms with E-state index in [1.165, 1.54) is 11.5 Å². The number of nitrogens with zero attached hydrogens (tertiary/aromatic N) is 6. The molecule has 1 aliphatic rings. The van der Waals surface area contributed by atoms with E-state index < -0.39 is 0 Å². The zero-order chi connectivity index (χ0) is 17.6. The maximum atomic E-state index is 4.59. The van der Waals surface area contributed by atoms with Gasteiger partial charge in [0.1, 0.15) is 5.82 Å². The molecule has 2 aromatic heterocycles. The van der Waals surface area contributed by atoms with Gasteiger partial charge < -0.3 is 15.1 Å². The Morgan fingerprint density at radius 3 is 2.68 bits per heavy atom. The fourth-order valence-electron chi connectivity index (χ4n) is 2.78. The predicted molar refractivity (Wildman–Crippen MR) is 105 cm³/mol. The van der Waals surface area contributed by atoms with E-state index in [2.05, 4.69) is 46.8 Å². The number of aromatic nitrogens is 3. The monoisotopic (exact) mass is 379 g/mol.